The van der Waals surface area contributed by atoms with Crippen molar-refractivity contribution in [3.8, 4) is 5.75 Å². The van der Waals surface area contributed by atoms with Gasteiger partial charge in [0.15, 0.2) is 0 Å². The number of aliphatic hydroxyl groups excluding tert-OH is 4. The van der Waals surface area contributed by atoms with Crippen molar-refractivity contribution in [2.75, 3.05) is 6.61 Å². The maximum atomic E-state index is 11.0. The Labute approximate surface area is 129 Å². The SMILES string of the molecule is O=[N+]([O-])c1c(Cl)cccc1O[C@@H]1O[C@@H]([C@H](O)CO)[C@H](O)[C@H]1O. The molecule has 9 nitrogen and oxygen atoms in total. The van der Waals surface area contributed by atoms with Crippen molar-refractivity contribution >= 4 is 17.3 Å². The van der Waals surface area contributed by atoms with E-state index in [0.29, 0.717) is 0 Å². The van der Waals surface area contributed by atoms with E-state index in [1.807, 2.05) is 0 Å². The summed E-state index contributed by atoms with van der Waals surface area (Å²) in [6.07, 6.45) is -7.27. The predicted octanol–water partition coefficient (Wildman–Crippen LogP) is -0.573. The van der Waals surface area contributed by atoms with E-state index < -0.39 is 47.9 Å². The number of nitro groups is 1. The largest absolute Gasteiger partial charge is 0.455 e. The summed E-state index contributed by atoms with van der Waals surface area (Å²) in [5.74, 6) is -0.257. The van der Waals surface area contributed by atoms with Crippen LogP contribution in [0.15, 0.2) is 18.2 Å². The number of nitrogens with zero attached hydrogens (tertiary/aromatic N) is 1. The minimum Gasteiger partial charge on any atom is -0.455 e. The second-order valence-electron chi connectivity index (χ2n) is 4.66. The first-order valence-corrected chi connectivity index (χ1v) is 6.64. The van der Waals surface area contributed by atoms with Crippen LogP contribution in [-0.2, 0) is 4.74 Å². The van der Waals surface area contributed by atoms with Crippen LogP contribution < -0.4 is 4.74 Å². The molecule has 2 rings (SSSR count). The van der Waals surface area contributed by atoms with E-state index in [1.165, 1.54) is 18.2 Å². The van der Waals surface area contributed by atoms with Crippen molar-refractivity contribution in [3.63, 3.8) is 0 Å². The number of aliphatic hydroxyl groups is 4. The van der Waals surface area contributed by atoms with Crippen molar-refractivity contribution in [2.45, 2.75) is 30.7 Å². The van der Waals surface area contributed by atoms with Crippen molar-refractivity contribution in [3.05, 3.63) is 33.3 Å². The zero-order chi connectivity index (χ0) is 16.4. The molecule has 10 heteroatoms. The summed E-state index contributed by atoms with van der Waals surface area (Å²) in [5.41, 5.74) is -0.513. The Morgan fingerprint density at radius 1 is 1.41 bits per heavy atom. The molecule has 0 aromatic heterocycles. The first kappa shape index (κ1) is 16.9. The molecule has 1 aromatic rings. The molecule has 5 atom stereocenters. The molecule has 0 radical (unpaired) electrons. The Balaban J connectivity index is 2.22. The zero-order valence-corrected chi connectivity index (χ0v) is 11.8. The molecule has 0 aliphatic carbocycles. The van der Waals surface area contributed by atoms with Gasteiger partial charge in [-0.1, -0.05) is 17.7 Å². The van der Waals surface area contributed by atoms with Gasteiger partial charge in [-0.2, -0.15) is 0 Å². The van der Waals surface area contributed by atoms with Crippen LogP contribution in [0.1, 0.15) is 0 Å². The number of rotatable bonds is 5. The Morgan fingerprint density at radius 2 is 2.09 bits per heavy atom. The van der Waals surface area contributed by atoms with E-state index >= 15 is 0 Å². The summed E-state index contributed by atoms with van der Waals surface area (Å²) in [7, 11) is 0. The van der Waals surface area contributed by atoms with Gasteiger partial charge in [-0.3, -0.25) is 10.1 Å². The van der Waals surface area contributed by atoms with Gasteiger partial charge in [0.05, 0.1) is 11.5 Å². The Bertz CT molecular complexity index is 556. The van der Waals surface area contributed by atoms with Crippen LogP contribution in [-0.4, -0.2) is 62.7 Å². The second-order valence-corrected chi connectivity index (χ2v) is 5.07. The van der Waals surface area contributed by atoms with Crippen LogP contribution >= 0.6 is 11.6 Å². The number of halogens is 1. The lowest BCUT2D eigenvalue weighted by atomic mass is 10.1. The highest BCUT2D eigenvalue weighted by Crippen LogP contribution is 2.36. The van der Waals surface area contributed by atoms with Crippen LogP contribution in [0, 0.1) is 10.1 Å². The Morgan fingerprint density at radius 3 is 2.68 bits per heavy atom. The van der Waals surface area contributed by atoms with Gasteiger partial charge < -0.3 is 29.9 Å². The van der Waals surface area contributed by atoms with Gasteiger partial charge in [-0.25, -0.2) is 0 Å². The van der Waals surface area contributed by atoms with Gasteiger partial charge in [-0.05, 0) is 12.1 Å². The molecule has 0 unspecified atom stereocenters. The first-order valence-electron chi connectivity index (χ1n) is 6.27. The molecule has 1 aliphatic heterocycles. The van der Waals surface area contributed by atoms with E-state index in [4.69, 9.17) is 26.2 Å². The van der Waals surface area contributed by atoms with E-state index in [0.717, 1.165) is 0 Å². The van der Waals surface area contributed by atoms with Gasteiger partial charge in [0.2, 0.25) is 12.0 Å². The molecule has 1 fully saturated rings. The van der Waals surface area contributed by atoms with Crippen molar-refractivity contribution < 1.29 is 34.8 Å². The molecular formula is C12H14ClNO8. The topological polar surface area (TPSA) is 143 Å². The predicted molar refractivity (Wildman–Crippen MR) is 72.5 cm³/mol. The molecular weight excluding hydrogens is 322 g/mol. The minimum atomic E-state index is -1.57. The lowest BCUT2D eigenvalue weighted by molar-refractivity contribution is -0.386. The van der Waals surface area contributed by atoms with E-state index in [-0.39, 0.29) is 10.8 Å². The third kappa shape index (κ3) is 3.14. The molecule has 0 bridgehead atoms. The van der Waals surface area contributed by atoms with Crippen LogP contribution in [0.4, 0.5) is 5.69 Å². The first-order chi connectivity index (χ1) is 10.4. The summed E-state index contributed by atoms with van der Waals surface area (Å²) in [5, 5.41) is 48.8. The van der Waals surface area contributed by atoms with Crippen LogP contribution in [0.5, 0.6) is 5.75 Å². The number of benzene rings is 1. The normalized spacial score (nSPS) is 29.3. The number of hydrogen-bond donors (Lipinski definition) is 4. The van der Waals surface area contributed by atoms with Crippen LogP contribution in [0.2, 0.25) is 5.02 Å². The summed E-state index contributed by atoms with van der Waals surface area (Å²) < 4.78 is 10.3. The third-order valence-corrected chi connectivity index (χ3v) is 3.50. The third-order valence-electron chi connectivity index (χ3n) is 3.20. The highest BCUT2D eigenvalue weighted by molar-refractivity contribution is 6.32. The van der Waals surface area contributed by atoms with Gasteiger partial charge in [-0.15, -0.1) is 0 Å². The summed E-state index contributed by atoms with van der Waals surface area (Å²) >= 11 is 5.73. The molecule has 1 saturated heterocycles. The van der Waals surface area contributed by atoms with Gasteiger partial charge in [0.25, 0.3) is 0 Å². The molecule has 1 aromatic carbocycles. The van der Waals surface area contributed by atoms with Gasteiger partial charge in [0.1, 0.15) is 29.4 Å². The number of hydrogen-bond acceptors (Lipinski definition) is 8. The van der Waals surface area contributed by atoms with E-state index in [1.54, 1.807) is 0 Å². The number of para-hydroxylation sites is 1. The molecule has 4 N–H and O–H groups in total. The molecule has 0 spiro atoms. The van der Waals surface area contributed by atoms with Crippen LogP contribution in [0.3, 0.4) is 0 Å². The number of ether oxygens (including phenoxy) is 2. The molecule has 122 valence electrons. The highest BCUT2D eigenvalue weighted by atomic mass is 35.5. The second kappa shape index (κ2) is 6.73. The summed E-state index contributed by atoms with van der Waals surface area (Å²) in [6.45, 7) is -0.696. The monoisotopic (exact) mass is 335 g/mol. The van der Waals surface area contributed by atoms with Gasteiger partial charge >= 0.3 is 5.69 Å². The smallest absolute Gasteiger partial charge is 0.329 e. The molecule has 0 saturated carbocycles. The van der Waals surface area contributed by atoms with Gasteiger partial charge in [0, 0.05) is 0 Å². The maximum Gasteiger partial charge on any atom is 0.329 e. The molecule has 1 aliphatic rings. The standard InChI is InChI=1S/C12H14ClNO8/c13-5-2-1-3-7(8(5)14(19)20)21-12-10(18)9(17)11(22-12)6(16)4-15/h1-3,6,9-12,15-18H,4H2/t6-,9-,10-,11+,12-/m1/s1. The van der Waals surface area contributed by atoms with E-state index in [2.05, 4.69) is 0 Å². The lowest BCUT2D eigenvalue weighted by Crippen LogP contribution is -2.40. The molecule has 22 heavy (non-hydrogen) atoms. The van der Waals surface area contributed by atoms with E-state index in [9.17, 15) is 25.4 Å². The Kier molecular flexibility index (Phi) is 5.16. The zero-order valence-electron chi connectivity index (χ0n) is 11.1. The van der Waals surface area contributed by atoms with Crippen molar-refractivity contribution in [2.24, 2.45) is 0 Å². The lowest BCUT2D eigenvalue weighted by Gasteiger charge is -2.18. The average Bonchev–Trinajstić information content (AvgIpc) is 2.74. The molecule has 0 amide bonds. The quantitative estimate of drug-likeness (QED) is 0.414. The van der Waals surface area contributed by atoms with Crippen molar-refractivity contribution in [1.82, 2.24) is 0 Å². The summed E-state index contributed by atoms with van der Waals surface area (Å²) in [4.78, 5) is 10.2. The Hall–Kier alpha value is -1.49. The number of nitro benzene ring substituents is 1. The highest BCUT2D eigenvalue weighted by Gasteiger charge is 2.47. The minimum absolute atomic E-state index is 0.164. The fourth-order valence-electron chi connectivity index (χ4n) is 2.08. The fraction of sp³-hybridized carbons (Fsp3) is 0.500. The molecule has 1 heterocycles. The van der Waals surface area contributed by atoms with Crippen LogP contribution in [0.25, 0.3) is 0 Å². The van der Waals surface area contributed by atoms with Crippen molar-refractivity contribution in [1.29, 1.82) is 0 Å². The fourth-order valence-corrected chi connectivity index (χ4v) is 2.32. The maximum absolute atomic E-state index is 11.0. The summed E-state index contributed by atoms with van der Waals surface area (Å²) in [6, 6.07) is 3.95. The average molecular weight is 336 g/mol.